The monoisotopic (exact) mass is 375 g/mol. The molecule has 0 aliphatic heterocycles. The van der Waals surface area contributed by atoms with E-state index in [-0.39, 0.29) is 22.6 Å². The first-order chi connectivity index (χ1) is 12.8. The number of nitrogens with one attached hydrogen (secondary N) is 1. The highest BCUT2D eigenvalue weighted by molar-refractivity contribution is 5.96. The van der Waals surface area contributed by atoms with Crippen LogP contribution in [0.5, 0.6) is 5.75 Å². The number of amides is 1. The first-order valence-corrected chi connectivity index (χ1v) is 7.89. The predicted molar refractivity (Wildman–Crippen MR) is 94.2 cm³/mol. The molecule has 0 radical (unpaired) electrons. The maximum Gasteiger partial charge on any atom is 0.338 e. The summed E-state index contributed by atoms with van der Waals surface area (Å²) in [4.78, 5) is 35.8. The van der Waals surface area contributed by atoms with Crippen molar-refractivity contribution in [2.24, 2.45) is 0 Å². The van der Waals surface area contributed by atoms with Crippen molar-refractivity contribution < 1.29 is 33.0 Å². The van der Waals surface area contributed by atoms with Crippen molar-refractivity contribution in [3.63, 3.8) is 0 Å². The molecule has 0 unspecified atom stereocenters. The number of esters is 2. The second-order valence-electron chi connectivity index (χ2n) is 5.49. The van der Waals surface area contributed by atoms with Crippen LogP contribution in [0.25, 0.3) is 0 Å². The van der Waals surface area contributed by atoms with E-state index in [1.54, 1.807) is 0 Å². The molecular weight excluding hydrogens is 357 g/mol. The van der Waals surface area contributed by atoms with E-state index in [1.807, 2.05) is 0 Å². The maximum atomic E-state index is 13.2. The molecule has 1 atom stereocenters. The molecule has 2 aromatic carbocycles. The molecule has 1 N–H and O–H groups in total. The lowest BCUT2D eigenvalue weighted by atomic mass is 10.1. The van der Waals surface area contributed by atoms with Gasteiger partial charge in [-0.25, -0.2) is 14.0 Å². The highest BCUT2D eigenvalue weighted by Crippen LogP contribution is 2.21. The van der Waals surface area contributed by atoms with Gasteiger partial charge in [-0.3, -0.25) is 4.79 Å². The van der Waals surface area contributed by atoms with Gasteiger partial charge in [-0.2, -0.15) is 0 Å². The third kappa shape index (κ3) is 5.27. The summed E-state index contributed by atoms with van der Waals surface area (Å²) in [5.41, 5.74) is 0.398. The summed E-state index contributed by atoms with van der Waals surface area (Å²) in [5.74, 6) is -2.29. The predicted octanol–water partition coefficient (Wildman–Crippen LogP) is 2.80. The number of benzene rings is 2. The Morgan fingerprint density at radius 1 is 0.963 bits per heavy atom. The van der Waals surface area contributed by atoms with E-state index in [9.17, 15) is 18.8 Å². The van der Waals surface area contributed by atoms with Crippen LogP contribution in [-0.2, 0) is 14.3 Å². The molecule has 0 bridgehead atoms. The average molecular weight is 375 g/mol. The molecule has 8 heteroatoms. The normalized spacial score (nSPS) is 11.3. The molecule has 0 aliphatic carbocycles. The van der Waals surface area contributed by atoms with Crippen molar-refractivity contribution in [3.05, 3.63) is 59.4 Å². The van der Waals surface area contributed by atoms with Crippen molar-refractivity contribution in [3.8, 4) is 5.75 Å². The van der Waals surface area contributed by atoms with Crippen LogP contribution >= 0.6 is 0 Å². The third-order valence-corrected chi connectivity index (χ3v) is 3.52. The number of methoxy groups -OCH3 is 2. The fraction of sp³-hybridized carbons (Fsp3) is 0.211. The van der Waals surface area contributed by atoms with Crippen molar-refractivity contribution in [1.82, 2.24) is 0 Å². The Morgan fingerprint density at radius 2 is 1.56 bits per heavy atom. The van der Waals surface area contributed by atoms with Gasteiger partial charge in [-0.1, -0.05) is 6.07 Å². The van der Waals surface area contributed by atoms with E-state index >= 15 is 0 Å². The lowest BCUT2D eigenvalue weighted by Crippen LogP contribution is -2.30. The SMILES string of the molecule is COC(=O)c1cc(O[C@@H](C)C(=O)Nc2cccc(F)c2)cc(C(=O)OC)c1. The van der Waals surface area contributed by atoms with Gasteiger partial charge in [0.25, 0.3) is 5.91 Å². The molecular formula is C19H18FNO6. The number of ether oxygens (including phenoxy) is 3. The summed E-state index contributed by atoms with van der Waals surface area (Å²) in [5, 5.41) is 2.51. The molecule has 0 heterocycles. The Labute approximate surface area is 155 Å². The number of carbonyl (C=O) groups is 3. The zero-order valence-electron chi connectivity index (χ0n) is 14.9. The Kier molecular flexibility index (Phi) is 6.48. The molecule has 7 nitrogen and oxygen atoms in total. The number of halogens is 1. The summed E-state index contributed by atoms with van der Waals surface area (Å²) in [7, 11) is 2.39. The number of carbonyl (C=O) groups excluding carboxylic acids is 3. The Balaban J connectivity index is 2.20. The molecule has 0 aromatic heterocycles. The minimum absolute atomic E-state index is 0.0631. The largest absolute Gasteiger partial charge is 0.481 e. The van der Waals surface area contributed by atoms with E-state index < -0.39 is 29.8 Å². The second-order valence-corrected chi connectivity index (χ2v) is 5.49. The summed E-state index contributed by atoms with van der Waals surface area (Å²) in [6.45, 7) is 1.47. The van der Waals surface area contributed by atoms with Gasteiger partial charge in [-0.05, 0) is 43.3 Å². The second kappa shape index (κ2) is 8.79. The molecule has 0 aliphatic rings. The lowest BCUT2D eigenvalue weighted by Gasteiger charge is -2.16. The van der Waals surface area contributed by atoms with Crippen LogP contribution in [0.15, 0.2) is 42.5 Å². The van der Waals surface area contributed by atoms with Crippen LogP contribution in [0, 0.1) is 5.82 Å². The molecule has 27 heavy (non-hydrogen) atoms. The van der Waals surface area contributed by atoms with Gasteiger partial charge in [0, 0.05) is 5.69 Å². The van der Waals surface area contributed by atoms with Crippen LogP contribution in [0.4, 0.5) is 10.1 Å². The standard InChI is InChI=1S/C19H18FNO6/c1-11(17(22)21-15-6-4-5-14(20)10-15)27-16-8-12(18(23)25-2)7-13(9-16)19(24)26-3/h4-11H,1-3H3,(H,21,22)/t11-/m0/s1. The van der Waals surface area contributed by atoms with Gasteiger partial charge < -0.3 is 19.5 Å². The average Bonchev–Trinajstić information content (AvgIpc) is 2.66. The van der Waals surface area contributed by atoms with Gasteiger partial charge in [-0.15, -0.1) is 0 Å². The van der Waals surface area contributed by atoms with Gasteiger partial charge >= 0.3 is 11.9 Å². The van der Waals surface area contributed by atoms with Gasteiger partial charge in [0.2, 0.25) is 0 Å². The Hall–Kier alpha value is -3.42. The van der Waals surface area contributed by atoms with E-state index in [0.29, 0.717) is 0 Å². The topological polar surface area (TPSA) is 90.9 Å². The molecule has 0 spiro atoms. The highest BCUT2D eigenvalue weighted by Gasteiger charge is 2.19. The minimum Gasteiger partial charge on any atom is -0.481 e. The molecule has 142 valence electrons. The minimum atomic E-state index is -0.994. The van der Waals surface area contributed by atoms with Gasteiger partial charge in [0.1, 0.15) is 11.6 Å². The quantitative estimate of drug-likeness (QED) is 0.781. The van der Waals surface area contributed by atoms with Crippen molar-refractivity contribution >= 4 is 23.5 Å². The first-order valence-electron chi connectivity index (χ1n) is 7.89. The molecule has 0 saturated heterocycles. The van der Waals surface area contributed by atoms with E-state index in [2.05, 4.69) is 14.8 Å². The molecule has 0 fully saturated rings. The maximum absolute atomic E-state index is 13.2. The Morgan fingerprint density at radius 3 is 2.07 bits per heavy atom. The summed E-state index contributed by atoms with van der Waals surface area (Å²) in [6.07, 6.45) is -0.994. The number of anilines is 1. The zero-order valence-corrected chi connectivity index (χ0v) is 14.9. The molecule has 2 rings (SSSR count). The molecule has 1 amide bonds. The smallest absolute Gasteiger partial charge is 0.338 e. The summed E-state index contributed by atoms with van der Waals surface area (Å²) < 4.78 is 28.0. The zero-order chi connectivity index (χ0) is 20.0. The van der Waals surface area contributed by atoms with Crippen LogP contribution in [0.2, 0.25) is 0 Å². The fourth-order valence-corrected chi connectivity index (χ4v) is 2.21. The third-order valence-electron chi connectivity index (χ3n) is 3.52. The Bertz CT molecular complexity index is 833. The van der Waals surface area contributed by atoms with E-state index in [4.69, 9.17) is 4.74 Å². The first kappa shape index (κ1) is 19.9. The van der Waals surface area contributed by atoms with Gasteiger partial charge in [0.05, 0.1) is 25.3 Å². The van der Waals surface area contributed by atoms with Crippen molar-refractivity contribution in [2.45, 2.75) is 13.0 Å². The summed E-state index contributed by atoms with van der Waals surface area (Å²) >= 11 is 0. The van der Waals surface area contributed by atoms with Crippen molar-refractivity contribution in [2.75, 3.05) is 19.5 Å². The van der Waals surface area contributed by atoms with Crippen LogP contribution in [0.1, 0.15) is 27.6 Å². The van der Waals surface area contributed by atoms with E-state index in [1.165, 1.54) is 57.5 Å². The van der Waals surface area contributed by atoms with Crippen LogP contribution in [0.3, 0.4) is 0 Å². The fourth-order valence-electron chi connectivity index (χ4n) is 2.21. The number of rotatable bonds is 6. The van der Waals surface area contributed by atoms with E-state index in [0.717, 1.165) is 6.07 Å². The molecule has 0 saturated carbocycles. The summed E-state index contributed by atoms with van der Waals surface area (Å²) in [6, 6.07) is 9.37. The lowest BCUT2D eigenvalue weighted by molar-refractivity contribution is -0.122. The van der Waals surface area contributed by atoms with Crippen molar-refractivity contribution in [1.29, 1.82) is 0 Å². The van der Waals surface area contributed by atoms with Crippen LogP contribution < -0.4 is 10.1 Å². The number of hydrogen-bond donors (Lipinski definition) is 1. The van der Waals surface area contributed by atoms with Crippen LogP contribution in [-0.4, -0.2) is 38.2 Å². The molecule has 2 aromatic rings. The highest BCUT2D eigenvalue weighted by atomic mass is 19.1. The van der Waals surface area contributed by atoms with Gasteiger partial charge in [0.15, 0.2) is 6.10 Å². The number of hydrogen-bond acceptors (Lipinski definition) is 6.